The van der Waals surface area contributed by atoms with E-state index in [1.165, 1.54) is 186 Å². The maximum absolute atomic E-state index is 12.4. The van der Waals surface area contributed by atoms with Crippen molar-refractivity contribution < 1.29 is 15.0 Å². The molecule has 4 heteroatoms. The second-order valence-electron chi connectivity index (χ2n) is 14.4. The van der Waals surface area contributed by atoms with Gasteiger partial charge in [0.25, 0.3) is 0 Å². The maximum Gasteiger partial charge on any atom is 0.220 e. The number of nitrogens with one attached hydrogen (secondary N) is 1. The van der Waals surface area contributed by atoms with Gasteiger partial charge in [-0.1, -0.05) is 219 Å². The van der Waals surface area contributed by atoms with Crippen LogP contribution >= 0.6 is 0 Å². The SMILES string of the molecule is CCCCCCCCCCCCCCCCCCCCCCC(=O)N[C@@H](CO)[C@H](O)CCCCCCCCCCCCCCC. The van der Waals surface area contributed by atoms with Gasteiger partial charge in [-0.25, -0.2) is 0 Å². The Bertz CT molecular complexity index is 569. The summed E-state index contributed by atoms with van der Waals surface area (Å²) < 4.78 is 0. The number of hydrogen-bond donors (Lipinski definition) is 3. The normalized spacial score (nSPS) is 12.9. The summed E-state index contributed by atoms with van der Waals surface area (Å²) in [6, 6.07) is -0.528. The van der Waals surface area contributed by atoms with Crippen LogP contribution in [0.4, 0.5) is 0 Å². The van der Waals surface area contributed by atoms with Crippen molar-refractivity contribution in [2.75, 3.05) is 6.61 Å². The summed E-state index contributed by atoms with van der Waals surface area (Å²) in [5, 5.41) is 23.1. The van der Waals surface area contributed by atoms with Crippen molar-refractivity contribution in [3.63, 3.8) is 0 Å². The Morgan fingerprint density at radius 2 is 0.711 bits per heavy atom. The molecular formula is C41H83NO3. The highest BCUT2D eigenvalue weighted by Gasteiger charge is 2.20. The summed E-state index contributed by atoms with van der Waals surface area (Å²) in [5.74, 6) is -0.0270. The van der Waals surface area contributed by atoms with E-state index in [-0.39, 0.29) is 12.5 Å². The van der Waals surface area contributed by atoms with Crippen molar-refractivity contribution >= 4 is 5.91 Å². The minimum absolute atomic E-state index is 0.0270. The van der Waals surface area contributed by atoms with Gasteiger partial charge in [-0.3, -0.25) is 4.79 Å². The Labute approximate surface area is 283 Å². The van der Waals surface area contributed by atoms with Gasteiger partial charge >= 0.3 is 0 Å². The van der Waals surface area contributed by atoms with Crippen molar-refractivity contribution in [2.24, 2.45) is 0 Å². The minimum atomic E-state index is -0.651. The number of hydrogen-bond acceptors (Lipinski definition) is 3. The van der Waals surface area contributed by atoms with E-state index in [0.717, 1.165) is 25.7 Å². The number of unbranched alkanes of at least 4 members (excludes halogenated alkanes) is 31. The quantitative estimate of drug-likeness (QED) is 0.0590. The van der Waals surface area contributed by atoms with Crippen molar-refractivity contribution in [1.82, 2.24) is 5.32 Å². The molecule has 0 aromatic carbocycles. The molecule has 45 heavy (non-hydrogen) atoms. The molecule has 270 valence electrons. The van der Waals surface area contributed by atoms with Crippen LogP contribution in [0.15, 0.2) is 0 Å². The molecule has 0 radical (unpaired) electrons. The summed E-state index contributed by atoms with van der Waals surface area (Å²) in [6.07, 6.45) is 44.6. The number of carbonyl (C=O) groups excluding carboxylic acids is 1. The van der Waals surface area contributed by atoms with Gasteiger partial charge in [0.05, 0.1) is 18.8 Å². The molecule has 4 nitrogen and oxygen atoms in total. The van der Waals surface area contributed by atoms with Crippen molar-refractivity contribution in [3.05, 3.63) is 0 Å². The third-order valence-corrected chi connectivity index (χ3v) is 9.87. The van der Waals surface area contributed by atoms with Crippen LogP contribution in [-0.4, -0.2) is 34.9 Å². The molecule has 0 aliphatic heterocycles. The number of rotatable bonds is 38. The third-order valence-electron chi connectivity index (χ3n) is 9.87. The Balaban J connectivity index is 3.46. The van der Waals surface area contributed by atoms with Gasteiger partial charge in [0.15, 0.2) is 0 Å². The molecule has 0 aromatic rings. The average Bonchev–Trinajstić information content (AvgIpc) is 3.04. The van der Waals surface area contributed by atoms with Crippen LogP contribution in [0.1, 0.15) is 239 Å². The Kier molecular flexibility index (Phi) is 37.3. The van der Waals surface area contributed by atoms with Crippen LogP contribution < -0.4 is 5.32 Å². The van der Waals surface area contributed by atoms with Crippen LogP contribution in [-0.2, 0) is 4.79 Å². The lowest BCUT2D eigenvalue weighted by atomic mass is 10.0. The first-order valence-electron chi connectivity index (χ1n) is 20.7. The number of carbonyl (C=O) groups is 1. The minimum Gasteiger partial charge on any atom is -0.394 e. The van der Waals surface area contributed by atoms with Crippen molar-refractivity contribution in [2.45, 2.75) is 251 Å². The lowest BCUT2D eigenvalue weighted by Crippen LogP contribution is -2.45. The van der Waals surface area contributed by atoms with Crippen LogP contribution in [0.5, 0.6) is 0 Å². The van der Waals surface area contributed by atoms with Gasteiger partial charge in [-0.15, -0.1) is 0 Å². The zero-order valence-electron chi connectivity index (χ0n) is 30.9. The standard InChI is InChI=1S/C41H83NO3/c1-3-5-7-9-11-13-15-17-18-19-20-21-22-23-25-27-29-31-33-35-37-41(45)42-39(38-43)40(44)36-34-32-30-28-26-24-16-14-12-10-8-6-4-2/h39-40,43-44H,3-38H2,1-2H3,(H,42,45)/t39-,40+/m0/s1. The molecule has 0 aliphatic rings. The molecule has 0 aliphatic carbocycles. The van der Waals surface area contributed by atoms with Gasteiger partial charge in [-0.2, -0.15) is 0 Å². The first-order chi connectivity index (χ1) is 22.2. The van der Waals surface area contributed by atoms with Crippen molar-refractivity contribution in [3.8, 4) is 0 Å². The molecule has 0 rings (SSSR count). The summed E-state index contributed by atoms with van der Waals surface area (Å²) in [4.78, 5) is 12.4. The van der Waals surface area contributed by atoms with Gasteiger partial charge in [0, 0.05) is 6.42 Å². The fourth-order valence-corrected chi connectivity index (χ4v) is 6.66. The highest BCUT2D eigenvalue weighted by molar-refractivity contribution is 5.76. The molecule has 3 N–H and O–H groups in total. The highest BCUT2D eigenvalue weighted by Crippen LogP contribution is 2.16. The van der Waals surface area contributed by atoms with E-state index in [1.807, 2.05) is 0 Å². The van der Waals surface area contributed by atoms with Gasteiger partial charge in [0.1, 0.15) is 0 Å². The van der Waals surface area contributed by atoms with E-state index in [4.69, 9.17) is 0 Å². The smallest absolute Gasteiger partial charge is 0.220 e. The molecule has 2 atom stereocenters. The van der Waals surface area contributed by atoms with E-state index in [2.05, 4.69) is 19.2 Å². The van der Waals surface area contributed by atoms with E-state index in [1.54, 1.807) is 0 Å². The van der Waals surface area contributed by atoms with E-state index in [9.17, 15) is 15.0 Å². The summed E-state index contributed by atoms with van der Waals surface area (Å²) in [5.41, 5.74) is 0. The molecule has 0 aromatic heterocycles. The van der Waals surface area contributed by atoms with E-state index in [0.29, 0.717) is 12.8 Å². The first-order valence-corrected chi connectivity index (χ1v) is 20.7. The lowest BCUT2D eigenvalue weighted by molar-refractivity contribution is -0.123. The molecule has 0 saturated carbocycles. The Hall–Kier alpha value is -0.610. The van der Waals surface area contributed by atoms with E-state index >= 15 is 0 Å². The third kappa shape index (κ3) is 34.5. The molecule has 0 fully saturated rings. The fraction of sp³-hybridized carbons (Fsp3) is 0.976. The Morgan fingerprint density at radius 1 is 0.444 bits per heavy atom. The van der Waals surface area contributed by atoms with Gasteiger partial charge < -0.3 is 15.5 Å². The van der Waals surface area contributed by atoms with Gasteiger partial charge in [-0.05, 0) is 12.8 Å². The van der Waals surface area contributed by atoms with Gasteiger partial charge in [0.2, 0.25) is 5.91 Å². The molecule has 0 unspecified atom stereocenters. The van der Waals surface area contributed by atoms with Crippen LogP contribution in [0.25, 0.3) is 0 Å². The second kappa shape index (κ2) is 37.8. The topological polar surface area (TPSA) is 69.6 Å². The molecule has 0 spiro atoms. The summed E-state index contributed by atoms with van der Waals surface area (Å²) in [6.45, 7) is 4.37. The Morgan fingerprint density at radius 3 is 1.00 bits per heavy atom. The molecule has 0 saturated heterocycles. The largest absolute Gasteiger partial charge is 0.394 e. The summed E-state index contributed by atoms with van der Waals surface area (Å²) in [7, 11) is 0. The molecule has 0 bridgehead atoms. The monoisotopic (exact) mass is 638 g/mol. The number of aliphatic hydroxyl groups is 2. The van der Waals surface area contributed by atoms with E-state index < -0.39 is 12.1 Å². The maximum atomic E-state index is 12.4. The van der Waals surface area contributed by atoms with Crippen LogP contribution in [0, 0.1) is 0 Å². The molecule has 1 amide bonds. The molecular weight excluding hydrogens is 554 g/mol. The number of amides is 1. The number of aliphatic hydroxyl groups excluding tert-OH is 2. The van der Waals surface area contributed by atoms with Crippen LogP contribution in [0.2, 0.25) is 0 Å². The second-order valence-corrected chi connectivity index (χ2v) is 14.4. The van der Waals surface area contributed by atoms with Crippen LogP contribution in [0.3, 0.4) is 0 Å². The predicted octanol–water partition coefficient (Wildman–Crippen LogP) is 12.5. The molecule has 0 heterocycles. The average molecular weight is 638 g/mol. The predicted molar refractivity (Wildman–Crippen MR) is 198 cm³/mol. The van der Waals surface area contributed by atoms with Crippen molar-refractivity contribution in [1.29, 1.82) is 0 Å². The fourth-order valence-electron chi connectivity index (χ4n) is 6.66. The highest BCUT2D eigenvalue weighted by atomic mass is 16.3. The summed E-state index contributed by atoms with van der Waals surface area (Å²) >= 11 is 0. The lowest BCUT2D eigenvalue weighted by Gasteiger charge is -2.22. The zero-order valence-corrected chi connectivity index (χ0v) is 30.9. The zero-order chi connectivity index (χ0) is 32.9. The first kappa shape index (κ1) is 44.4.